The maximum absolute atomic E-state index is 6.64. The van der Waals surface area contributed by atoms with Crippen LogP contribution in [0, 0.1) is 0 Å². The van der Waals surface area contributed by atoms with Crippen molar-refractivity contribution in [3.8, 4) is 0 Å². The average Bonchev–Trinajstić information content (AvgIpc) is 2.36. The zero-order valence-corrected chi connectivity index (χ0v) is 20.1. The molecule has 0 aliphatic heterocycles. The number of rotatable bonds is 10. The zero-order chi connectivity index (χ0) is 16.5. The van der Waals surface area contributed by atoms with Crippen LogP contribution in [-0.2, 0) is 4.43 Å². The van der Waals surface area contributed by atoms with E-state index in [1.54, 1.807) is 0 Å². The SMILES string of the molecule is CCCCCCCC(/C=C(\I)CI)O[Si](C)(C)C(C)(C)C. The molecule has 0 aromatic carbocycles. The van der Waals surface area contributed by atoms with Crippen molar-refractivity contribution >= 4 is 53.5 Å². The van der Waals surface area contributed by atoms with E-state index in [1.165, 1.54) is 42.1 Å². The van der Waals surface area contributed by atoms with E-state index >= 15 is 0 Å². The molecule has 0 saturated carbocycles. The van der Waals surface area contributed by atoms with Gasteiger partial charge in [-0.2, -0.15) is 0 Å². The van der Waals surface area contributed by atoms with Gasteiger partial charge in [-0.25, -0.2) is 0 Å². The largest absolute Gasteiger partial charge is 0.411 e. The van der Waals surface area contributed by atoms with E-state index in [0.717, 1.165) is 4.43 Å². The molecule has 0 amide bonds. The van der Waals surface area contributed by atoms with Crippen molar-refractivity contribution in [2.24, 2.45) is 0 Å². The number of alkyl halides is 1. The van der Waals surface area contributed by atoms with Crippen molar-refractivity contribution in [1.82, 2.24) is 0 Å². The lowest BCUT2D eigenvalue weighted by Gasteiger charge is -2.38. The van der Waals surface area contributed by atoms with E-state index in [9.17, 15) is 0 Å². The minimum atomic E-state index is -1.67. The van der Waals surface area contributed by atoms with Gasteiger partial charge < -0.3 is 4.43 Å². The van der Waals surface area contributed by atoms with Crippen LogP contribution >= 0.6 is 45.2 Å². The third-order valence-electron chi connectivity index (χ3n) is 4.34. The molecule has 1 unspecified atom stereocenters. The molecule has 126 valence electrons. The Morgan fingerprint density at radius 3 is 2.19 bits per heavy atom. The van der Waals surface area contributed by atoms with Crippen LogP contribution in [0.2, 0.25) is 18.1 Å². The summed E-state index contributed by atoms with van der Waals surface area (Å²) in [5, 5.41) is 0.289. The van der Waals surface area contributed by atoms with Gasteiger partial charge in [-0.1, -0.05) is 82.4 Å². The number of halogens is 2. The second-order valence-corrected chi connectivity index (χ2v) is 14.3. The first-order valence-electron chi connectivity index (χ1n) is 8.24. The Bertz CT molecular complexity index is 308. The van der Waals surface area contributed by atoms with Gasteiger partial charge >= 0.3 is 0 Å². The molecule has 1 atom stereocenters. The van der Waals surface area contributed by atoms with Gasteiger partial charge in [0.1, 0.15) is 0 Å². The quantitative estimate of drug-likeness (QED) is 0.122. The normalized spacial score (nSPS) is 15.3. The van der Waals surface area contributed by atoms with E-state index in [1.807, 2.05) is 0 Å². The van der Waals surface area contributed by atoms with E-state index in [-0.39, 0.29) is 5.04 Å². The molecule has 0 aromatic heterocycles. The van der Waals surface area contributed by atoms with Crippen molar-refractivity contribution in [3.63, 3.8) is 0 Å². The van der Waals surface area contributed by atoms with Crippen LogP contribution in [0.4, 0.5) is 0 Å². The molecule has 21 heavy (non-hydrogen) atoms. The number of hydrogen-bond donors (Lipinski definition) is 0. The Morgan fingerprint density at radius 2 is 1.71 bits per heavy atom. The van der Waals surface area contributed by atoms with Crippen LogP contribution in [-0.4, -0.2) is 18.8 Å². The molecule has 0 fully saturated rings. The van der Waals surface area contributed by atoms with Crippen molar-refractivity contribution in [2.45, 2.75) is 90.5 Å². The number of unbranched alkanes of at least 4 members (excludes halogenated alkanes) is 4. The highest BCUT2D eigenvalue weighted by molar-refractivity contribution is 14.1. The van der Waals surface area contributed by atoms with E-state index < -0.39 is 8.32 Å². The second-order valence-electron chi connectivity index (χ2n) is 7.37. The van der Waals surface area contributed by atoms with Crippen molar-refractivity contribution in [2.75, 3.05) is 4.43 Å². The second kappa shape index (κ2) is 11.0. The van der Waals surface area contributed by atoms with E-state index in [2.05, 4.69) is 92.0 Å². The fourth-order valence-corrected chi connectivity index (χ4v) is 3.88. The molecule has 4 heteroatoms. The van der Waals surface area contributed by atoms with Crippen molar-refractivity contribution in [1.29, 1.82) is 0 Å². The highest BCUT2D eigenvalue weighted by atomic mass is 127. The zero-order valence-electron chi connectivity index (χ0n) is 14.8. The monoisotopic (exact) mass is 536 g/mol. The first kappa shape index (κ1) is 22.4. The predicted octanol–water partition coefficient (Wildman–Crippen LogP) is 7.49. The number of allylic oxidation sites excluding steroid dienone is 1. The molecule has 1 nitrogen and oxygen atoms in total. The van der Waals surface area contributed by atoms with Gasteiger partial charge in [0.2, 0.25) is 0 Å². The first-order chi connectivity index (χ1) is 9.64. The van der Waals surface area contributed by atoms with Crippen molar-refractivity contribution in [3.05, 3.63) is 9.66 Å². The summed E-state index contributed by atoms with van der Waals surface area (Å²) in [7, 11) is -1.67. The number of hydrogen-bond acceptors (Lipinski definition) is 1. The van der Waals surface area contributed by atoms with E-state index in [0.29, 0.717) is 6.10 Å². The third kappa shape index (κ3) is 9.97. The molecular weight excluding hydrogens is 502 g/mol. The third-order valence-corrected chi connectivity index (χ3v) is 11.9. The molecule has 0 aromatic rings. The summed E-state index contributed by atoms with van der Waals surface area (Å²) in [6.07, 6.45) is 10.6. The topological polar surface area (TPSA) is 9.23 Å². The summed E-state index contributed by atoms with van der Waals surface area (Å²) in [6, 6.07) is 0. The Hall–Kier alpha value is 1.38. The van der Waals surface area contributed by atoms with Gasteiger partial charge in [0.05, 0.1) is 6.10 Å². The lowest BCUT2D eigenvalue weighted by atomic mass is 10.1. The Balaban J connectivity index is 4.61. The summed E-state index contributed by atoms with van der Waals surface area (Å²) < 4.78 is 9.15. The molecule has 0 spiro atoms. The molecule has 0 rings (SSSR count). The van der Waals surface area contributed by atoms with Crippen LogP contribution in [0.3, 0.4) is 0 Å². The fraction of sp³-hybridized carbons (Fsp3) is 0.882. The molecule has 0 heterocycles. The molecular formula is C17H34I2OSi. The highest BCUT2D eigenvalue weighted by Crippen LogP contribution is 2.38. The minimum Gasteiger partial charge on any atom is -0.411 e. The molecule has 0 N–H and O–H groups in total. The van der Waals surface area contributed by atoms with Crippen LogP contribution in [0.1, 0.15) is 66.2 Å². The summed E-state index contributed by atoms with van der Waals surface area (Å²) in [4.78, 5) is 0. The molecule has 0 bridgehead atoms. The van der Waals surface area contributed by atoms with Crippen LogP contribution in [0.25, 0.3) is 0 Å². The summed E-state index contributed by atoms with van der Waals surface area (Å²) in [5.41, 5.74) is 0. The summed E-state index contributed by atoms with van der Waals surface area (Å²) in [6.45, 7) is 14.0. The highest BCUT2D eigenvalue weighted by Gasteiger charge is 2.38. The maximum Gasteiger partial charge on any atom is 0.192 e. The standard InChI is InChI=1S/C17H34I2OSi/c1-7-8-9-10-11-12-16(13-15(19)14-18)20-21(5,6)17(2,3)4/h13,16H,7-12,14H2,1-6H3/b15-13-. The Morgan fingerprint density at radius 1 is 1.14 bits per heavy atom. The first-order valence-corrected chi connectivity index (χ1v) is 13.7. The lowest BCUT2D eigenvalue weighted by molar-refractivity contribution is 0.210. The molecule has 0 aliphatic carbocycles. The van der Waals surface area contributed by atoms with Crippen LogP contribution in [0.5, 0.6) is 0 Å². The van der Waals surface area contributed by atoms with Crippen molar-refractivity contribution < 1.29 is 4.43 Å². The van der Waals surface area contributed by atoms with Gasteiger partial charge in [-0.3, -0.25) is 0 Å². The lowest BCUT2D eigenvalue weighted by Crippen LogP contribution is -2.43. The fourth-order valence-electron chi connectivity index (χ4n) is 1.93. The van der Waals surface area contributed by atoms with Gasteiger partial charge in [0, 0.05) is 4.43 Å². The predicted molar refractivity (Wildman–Crippen MR) is 116 cm³/mol. The van der Waals surface area contributed by atoms with Gasteiger partial charge in [0.15, 0.2) is 8.32 Å². The van der Waals surface area contributed by atoms with Crippen LogP contribution < -0.4 is 0 Å². The van der Waals surface area contributed by atoms with Gasteiger partial charge in [-0.05, 0) is 56.8 Å². The molecule has 0 radical (unpaired) electrons. The van der Waals surface area contributed by atoms with Crippen LogP contribution in [0.15, 0.2) is 9.66 Å². The molecule has 0 aliphatic rings. The smallest absolute Gasteiger partial charge is 0.192 e. The average molecular weight is 536 g/mol. The summed E-state index contributed by atoms with van der Waals surface area (Å²) in [5.74, 6) is 0. The maximum atomic E-state index is 6.64. The summed E-state index contributed by atoms with van der Waals surface area (Å²) >= 11 is 4.89. The molecule has 0 saturated heterocycles. The van der Waals surface area contributed by atoms with Gasteiger partial charge in [0.25, 0.3) is 0 Å². The minimum absolute atomic E-state index is 0.289. The Labute approximate surface area is 161 Å². The van der Waals surface area contributed by atoms with Gasteiger partial charge in [-0.15, -0.1) is 0 Å². The Kier molecular flexibility index (Phi) is 11.7. The van der Waals surface area contributed by atoms with E-state index in [4.69, 9.17) is 4.43 Å².